The van der Waals surface area contributed by atoms with E-state index in [-0.39, 0.29) is 5.95 Å². The zero-order chi connectivity index (χ0) is 14.7. The molecule has 0 aliphatic rings. The number of rotatable bonds is 3. The summed E-state index contributed by atoms with van der Waals surface area (Å²) in [6.07, 6.45) is 2.74. The molecular weight excluding hydrogens is 269 g/mol. The summed E-state index contributed by atoms with van der Waals surface area (Å²) in [5, 5.41) is 12.9. The van der Waals surface area contributed by atoms with Crippen molar-refractivity contribution < 1.29 is 14.1 Å². The van der Waals surface area contributed by atoms with E-state index in [9.17, 15) is 19.3 Å². The molecular formula is C11H8FN5O3. The highest BCUT2D eigenvalue weighted by Gasteiger charge is 2.24. The van der Waals surface area contributed by atoms with Crippen LogP contribution in [0.5, 0.6) is 0 Å². The Morgan fingerprint density at radius 3 is 2.60 bits per heavy atom. The van der Waals surface area contributed by atoms with Gasteiger partial charge in [0.05, 0.1) is 4.92 Å². The van der Waals surface area contributed by atoms with Crippen LogP contribution in [0.3, 0.4) is 0 Å². The lowest BCUT2D eigenvalue weighted by Gasteiger charge is -2.07. The lowest BCUT2D eigenvalue weighted by atomic mass is 10.1. The minimum absolute atomic E-state index is 0.0668. The van der Waals surface area contributed by atoms with E-state index in [0.29, 0.717) is 0 Å². The third-order valence-electron chi connectivity index (χ3n) is 2.39. The predicted octanol–water partition coefficient (Wildman–Crippen LogP) is 1.36. The van der Waals surface area contributed by atoms with Crippen molar-refractivity contribution in [3.05, 3.63) is 52.1 Å². The Morgan fingerprint density at radius 2 is 2.00 bits per heavy atom. The van der Waals surface area contributed by atoms with Gasteiger partial charge in [-0.15, -0.1) is 0 Å². The highest BCUT2D eigenvalue weighted by atomic mass is 19.1. The van der Waals surface area contributed by atoms with Gasteiger partial charge in [-0.25, -0.2) is 14.4 Å². The largest absolute Gasteiger partial charge is 0.392 e. The van der Waals surface area contributed by atoms with Gasteiger partial charge in [-0.1, -0.05) is 0 Å². The van der Waals surface area contributed by atoms with Gasteiger partial charge < -0.3 is 5.73 Å². The van der Waals surface area contributed by atoms with Crippen LogP contribution in [0.4, 0.5) is 21.7 Å². The van der Waals surface area contributed by atoms with Crippen LogP contribution >= 0.6 is 0 Å². The third-order valence-corrected chi connectivity index (χ3v) is 2.39. The Labute approximate surface area is 111 Å². The van der Waals surface area contributed by atoms with Crippen LogP contribution in [-0.4, -0.2) is 20.8 Å². The molecule has 2 rings (SSSR count). The van der Waals surface area contributed by atoms with Gasteiger partial charge >= 0.3 is 0 Å². The summed E-state index contributed by atoms with van der Waals surface area (Å²) in [4.78, 5) is 29.3. The fraction of sp³-hybridized carbons (Fsp3) is 0. The average Bonchev–Trinajstić information content (AvgIpc) is 2.39. The number of amides is 1. The summed E-state index contributed by atoms with van der Waals surface area (Å²) in [5.41, 5.74) is 3.73. The molecule has 0 radical (unpaired) electrons. The Bertz CT molecular complexity index is 677. The van der Waals surface area contributed by atoms with Crippen molar-refractivity contribution in [3.8, 4) is 0 Å². The molecule has 102 valence electrons. The zero-order valence-electron chi connectivity index (χ0n) is 9.91. The average molecular weight is 277 g/mol. The maximum Gasteiger partial charge on any atom is 0.293 e. The van der Waals surface area contributed by atoms with Crippen molar-refractivity contribution >= 4 is 23.2 Å². The summed E-state index contributed by atoms with van der Waals surface area (Å²) in [5.74, 6) is -2.00. The number of nitrogens with one attached hydrogen (secondary N) is 1. The first kappa shape index (κ1) is 13.3. The molecule has 0 saturated heterocycles. The van der Waals surface area contributed by atoms with Gasteiger partial charge in [-0.3, -0.25) is 20.2 Å². The molecule has 1 heterocycles. The van der Waals surface area contributed by atoms with Crippen molar-refractivity contribution in [2.24, 2.45) is 0 Å². The Hall–Kier alpha value is -3.10. The molecule has 0 fully saturated rings. The third kappa shape index (κ3) is 2.51. The number of hydrogen-bond acceptors (Lipinski definition) is 6. The number of anilines is 2. The molecule has 0 unspecified atom stereocenters. The number of nitrogen functional groups attached to an aromatic ring is 1. The van der Waals surface area contributed by atoms with E-state index in [0.717, 1.165) is 12.1 Å². The molecule has 0 aliphatic carbocycles. The molecule has 0 bridgehead atoms. The van der Waals surface area contributed by atoms with Gasteiger partial charge in [0.2, 0.25) is 5.95 Å². The minimum atomic E-state index is -0.971. The maximum atomic E-state index is 13.6. The van der Waals surface area contributed by atoms with Gasteiger partial charge in [0.15, 0.2) is 0 Å². The minimum Gasteiger partial charge on any atom is -0.392 e. The van der Waals surface area contributed by atoms with E-state index < -0.39 is 33.6 Å². The number of carbonyl (C=O) groups excluding carboxylic acids is 1. The van der Waals surface area contributed by atoms with Gasteiger partial charge in [-0.05, 0) is 12.1 Å². The maximum absolute atomic E-state index is 13.6. The molecule has 1 aromatic heterocycles. The lowest BCUT2D eigenvalue weighted by Crippen LogP contribution is -2.18. The summed E-state index contributed by atoms with van der Waals surface area (Å²) >= 11 is 0. The lowest BCUT2D eigenvalue weighted by molar-refractivity contribution is -0.384. The van der Waals surface area contributed by atoms with Crippen molar-refractivity contribution in [1.82, 2.24) is 9.97 Å². The van der Waals surface area contributed by atoms with E-state index >= 15 is 0 Å². The molecule has 3 N–H and O–H groups in total. The molecule has 0 spiro atoms. The smallest absolute Gasteiger partial charge is 0.293 e. The molecule has 0 atom stereocenters. The highest BCUT2D eigenvalue weighted by molar-refractivity contribution is 6.08. The second kappa shape index (κ2) is 5.26. The van der Waals surface area contributed by atoms with Gasteiger partial charge in [0.1, 0.15) is 17.1 Å². The van der Waals surface area contributed by atoms with Gasteiger partial charge in [0.25, 0.3) is 11.6 Å². The van der Waals surface area contributed by atoms with Crippen LogP contribution < -0.4 is 11.1 Å². The number of hydrogen-bond donors (Lipinski definition) is 2. The number of carbonyl (C=O) groups is 1. The number of halogens is 1. The number of nitro benzene ring substituents is 1. The molecule has 1 amide bonds. The monoisotopic (exact) mass is 277 g/mol. The highest BCUT2D eigenvalue weighted by Crippen LogP contribution is 2.27. The van der Waals surface area contributed by atoms with Crippen molar-refractivity contribution in [1.29, 1.82) is 0 Å². The SMILES string of the molecule is Nc1c([N+](=O)[O-])ccc(F)c1C(=O)Nc1ncccn1. The van der Waals surface area contributed by atoms with Crippen molar-refractivity contribution in [2.75, 3.05) is 11.1 Å². The van der Waals surface area contributed by atoms with Crippen LogP contribution in [0.1, 0.15) is 10.4 Å². The summed E-state index contributed by atoms with van der Waals surface area (Å²) in [6, 6.07) is 3.22. The predicted molar refractivity (Wildman–Crippen MR) is 67.5 cm³/mol. The van der Waals surface area contributed by atoms with Crippen molar-refractivity contribution in [3.63, 3.8) is 0 Å². The van der Waals surface area contributed by atoms with E-state index in [1.54, 1.807) is 0 Å². The Kier molecular flexibility index (Phi) is 3.51. The number of nitrogens with zero attached hydrogens (tertiary/aromatic N) is 3. The molecule has 20 heavy (non-hydrogen) atoms. The van der Waals surface area contributed by atoms with E-state index in [1.807, 2.05) is 0 Å². The van der Waals surface area contributed by atoms with E-state index in [1.165, 1.54) is 18.5 Å². The second-order valence-corrected chi connectivity index (χ2v) is 3.64. The summed E-state index contributed by atoms with van der Waals surface area (Å²) in [7, 11) is 0. The molecule has 2 aromatic rings. The quantitative estimate of drug-likeness (QED) is 0.495. The summed E-state index contributed by atoms with van der Waals surface area (Å²) in [6.45, 7) is 0. The van der Waals surface area contributed by atoms with Crippen molar-refractivity contribution in [2.45, 2.75) is 0 Å². The normalized spacial score (nSPS) is 10.1. The molecule has 9 heteroatoms. The number of benzene rings is 1. The van der Waals surface area contributed by atoms with Crippen LogP contribution in [0.15, 0.2) is 30.6 Å². The first-order valence-corrected chi connectivity index (χ1v) is 5.31. The molecule has 8 nitrogen and oxygen atoms in total. The fourth-order valence-corrected chi connectivity index (χ4v) is 1.50. The second-order valence-electron chi connectivity index (χ2n) is 3.64. The number of nitro groups is 1. The molecule has 0 saturated carbocycles. The van der Waals surface area contributed by atoms with E-state index in [4.69, 9.17) is 5.73 Å². The summed E-state index contributed by atoms with van der Waals surface area (Å²) < 4.78 is 13.6. The van der Waals surface area contributed by atoms with Gasteiger partial charge in [0, 0.05) is 18.5 Å². The number of nitrogens with two attached hydrogens (primary N) is 1. The van der Waals surface area contributed by atoms with E-state index in [2.05, 4.69) is 15.3 Å². The van der Waals surface area contributed by atoms with Crippen LogP contribution in [0.25, 0.3) is 0 Å². The standard InChI is InChI=1S/C11H8FN5O3/c12-6-2-3-7(17(19)20)9(13)8(6)10(18)16-11-14-4-1-5-15-11/h1-5H,13H2,(H,14,15,16,18). The Morgan fingerprint density at radius 1 is 1.35 bits per heavy atom. The van der Waals surface area contributed by atoms with Crippen LogP contribution in [-0.2, 0) is 0 Å². The zero-order valence-corrected chi connectivity index (χ0v) is 9.91. The Balaban J connectivity index is 2.39. The van der Waals surface area contributed by atoms with Gasteiger partial charge in [-0.2, -0.15) is 0 Å². The number of aromatic nitrogens is 2. The molecule has 0 aliphatic heterocycles. The van der Waals surface area contributed by atoms with Crippen LogP contribution in [0, 0.1) is 15.9 Å². The first-order valence-electron chi connectivity index (χ1n) is 5.31. The van der Waals surface area contributed by atoms with Crippen LogP contribution in [0.2, 0.25) is 0 Å². The topological polar surface area (TPSA) is 124 Å². The first-order chi connectivity index (χ1) is 9.50. The fourth-order valence-electron chi connectivity index (χ4n) is 1.50. The molecule has 1 aromatic carbocycles.